The quantitative estimate of drug-likeness (QED) is 0.570. The summed E-state index contributed by atoms with van der Waals surface area (Å²) >= 11 is 5.65. The number of hydrogen-bond acceptors (Lipinski definition) is 1. The minimum Gasteiger partial charge on any atom is -0.235 e. The zero-order chi connectivity index (χ0) is 7.84. The summed E-state index contributed by atoms with van der Waals surface area (Å²) in [4.78, 5) is 4.34. The highest BCUT2D eigenvalue weighted by Crippen LogP contribution is 2.41. The molecule has 11 heavy (non-hydrogen) atoms. The summed E-state index contributed by atoms with van der Waals surface area (Å²) in [7, 11) is 0. The molecule has 0 radical (unpaired) electrons. The molecular weight excluding hydrogens is 317 g/mol. The van der Waals surface area contributed by atoms with Crippen molar-refractivity contribution in [3.05, 3.63) is 26.0 Å². The molecule has 1 fully saturated rings. The van der Waals surface area contributed by atoms with E-state index in [9.17, 15) is 0 Å². The van der Waals surface area contributed by atoms with Crippen molar-refractivity contribution in [1.82, 2.24) is 4.98 Å². The number of aromatic nitrogens is 1. The highest BCUT2D eigenvalue weighted by molar-refractivity contribution is 14.1. The Morgan fingerprint density at radius 3 is 2.73 bits per heavy atom. The fraction of sp³-hybridized carbons (Fsp3) is 0.375. The van der Waals surface area contributed by atoms with Crippen molar-refractivity contribution in [3.8, 4) is 0 Å². The van der Waals surface area contributed by atoms with Crippen LogP contribution in [0.1, 0.15) is 24.3 Å². The normalized spacial score (nSPS) is 16.9. The molecule has 0 unspecified atom stereocenters. The topological polar surface area (TPSA) is 12.9 Å². The molecule has 1 aliphatic rings. The summed E-state index contributed by atoms with van der Waals surface area (Å²) in [5, 5.41) is 0. The Labute approximate surface area is 87.9 Å². The molecule has 1 saturated carbocycles. The molecule has 1 heterocycles. The molecule has 0 saturated heterocycles. The van der Waals surface area contributed by atoms with Crippen LogP contribution in [0.4, 0.5) is 0 Å². The van der Waals surface area contributed by atoms with Gasteiger partial charge in [0.2, 0.25) is 0 Å². The van der Waals surface area contributed by atoms with Gasteiger partial charge in [-0.3, -0.25) is 0 Å². The van der Waals surface area contributed by atoms with Crippen molar-refractivity contribution in [2.45, 2.75) is 18.8 Å². The van der Waals surface area contributed by atoms with Crippen LogP contribution >= 0.6 is 38.5 Å². The number of pyridine rings is 1. The second-order valence-corrected chi connectivity index (χ2v) is 4.62. The van der Waals surface area contributed by atoms with E-state index in [4.69, 9.17) is 0 Å². The fourth-order valence-electron chi connectivity index (χ4n) is 1.12. The molecule has 0 amide bonds. The first kappa shape index (κ1) is 7.98. The first-order chi connectivity index (χ1) is 5.27. The molecule has 1 aromatic heterocycles. The van der Waals surface area contributed by atoms with Crippen LogP contribution in [0, 0.1) is 3.70 Å². The highest BCUT2D eigenvalue weighted by atomic mass is 127. The zero-order valence-electron chi connectivity index (χ0n) is 5.85. The van der Waals surface area contributed by atoms with E-state index in [-0.39, 0.29) is 0 Å². The van der Waals surface area contributed by atoms with Crippen molar-refractivity contribution in [1.29, 1.82) is 0 Å². The lowest BCUT2D eigenvalue weighted by Gasteiger charge is -2.00. The third-order valence-electron chi connectivity index (χ3n) is 1.86. The average Bonchev–Trinajstić information content (AvgIpc) is 2.70. The predicted molar refractivity (Wildman–Crippen MR) is 56.6 cm³/mol. The molecular formula is C8H7BrIN. The minimum absolute atomic E-state index is 0.808. The molecule has 1 aliphatic carbocycles. The summed E-state index contributed by atoms with van der Waals surface area (Å²) in [6.07, 6.45) is 2.69. The van der Waals surface area contributed by atoms with Crippen molar-refractivity contribution in [3.63, 3.8) is 0 Å². The molecule has 2 rings (SSSR count). The maximum atomic E-state index is 4.34. The third-order valence-corrected chi connectivity index (χ3v) is 3.17. The van der Waals surface area contributed by atoms with E-state index in [1.165, 1.54) is 18.4 Å². The van der Waals surface area contributed by atoms with E-state index >= 15 is 0 Å². The molecule has 58 valence electrons. The van der Waals surface area contributed by atoms with Crippen LogP contribution in [0.3, 0.4) is 0 Å². The summed E-state index contributed by atoms with van der Waals surface area (Å²) in [5.41, 5.74) is 1.42. The van der Waals surface area contributed by atoms with Gasteiger partial charge >= 0.3 is 0 Å². The first-order valence-corrected chi connectivity index (χ1v) is 5.46. The van der Waals surface area contributed by atoms with Gasteiger partial charge in [0.25, 0.3) is 0 Å². The van der Waals surface area contributed by atoms with Gasteiger partial charge in [-0.15, -0.1) is 0 Å². The van der Waals surface area contributed by atoms with E-state index in [0.717, 1.165) is 14.2 Å². The lowest BCUT2D eigenvalue weighted by molar-refractivity contribution is 1.05. The van der Waals surface area contributed by atoms with E-state index in [0.29, 0.717) is 0 Å². The SMILES string of the molecule is Brc1ccc(C2CC2)c(I)n1. The van der Waals surface area contributed by atoms with E-state index in [1.807, 2.05) is 6.07 Å². The van der Waals surface area contributed by atoms with Gasteiger partial charge in [-0.2, -0.15) is 0 Å². The molecule has 0 atom stereocenters. The lowest BCUT2D eigenvalue weighted by Crippen LogP contribution is -1.89. The smallest absolute Gasteiger partial charge is 0.107 e. The zero-order valence-corrected chi connectivity index (χ0v) is 9.59. The summed E-state index contributed by atoms with van der Waals surface area (Å²) in [5.74, 6) is 0.808. The van der Waals surface area contributed by atoms with Gasteiger partial charge in [-0.25, -0.2) is 4.98 Å². The van der Waals surface area contributed by atoms with Crippen molar-refractivity contribution < 1.29 is 0 Å². The third kappa shape index (κ3) is 1.75. The number of rotatable bonds is 1. The Morgan fingerprint density at radius 1 is 1.45 bits per heavy atom. The van der Waals surface area contributed by atoms with Crippen LogP contribution in [-0.2, 0) is 0 Å². The minimum atomic E-state index is 0.808. The largest absolute Gasteiger partial charge is 0.235 e. The van der Waals surface area contributed by atoms with Crippen molar-refractivity contribution in [2.24, 2.45) is 0 Å². The van der Waals surface area contributed by atoms with Crippen LogP contribution in [0.5, 0.6) is 0 Å². The monoisotopic (exact) mass is 323 g/mol. The molecule has 1 aromatic rings. The number of nitrogens with zero attached hydrogens (tertiary/aromatic N) is 1. The predicted octanol–water partition coefficient (Wildman–Crippen LogP) is 3.33. The van der Waals surface area contributed by atoms with Crippen molar-refractivity contribution in [2.75, 3.05) is 0 Å². The second kappa shape index (κ2) is 3.01. The summed E-state index contributed by atoms with van der Waals surface area (Å²) in [6.45, 7) is 0. The van der Waals surface area contributed by atoms with Crippen LogP contribution < -0.4 is 0 Å². The standard InChI is InChI=1S/C8H7BrIN/c9-7-4-3-6(5-1-2-5)8(10)11-7/h3-5H,1-2H2. The highest BCUT2D eigenvalue weighted by Gasteiger charge is 2.25. The van der Waals surface area contributed by atoms with Gasteiger partial charge in [0.15, 0.2) is 0 Å². The first-order valence-electron chi connectivity index (χ1n) is 3.59. The second-order valence-electron chi connectivity index (χ2n) is 2.79. The van der Waals surface area contributed by atoms with Crippen LogP contribution in [-0.4, -0.2) is 4.98 Å². The van der Waals surface area contributed by atoms with Gasteiger partial charge < -0.3 is 0 Å². The Morgan fingerprint density at radius 2 is 2.18 bits per heavy atom. The molecule has 0 spiro atoms. The molecule has 1 nitrogen and oxygen atoms in total. The van der Waals surface area contributed by atoms with E-state index in [1.54, 1.807) is 0 Å². The number of hydrogen-bond donors (Lipinski definition) is 0. The van der Waals surface area contributed by atoms with E-state index in [2.05, 4.69) is 49.6 Å². The maximum absolute atomic E-state index is 4.34. The fourth-order valence-corrected chi connectivity index (χ4v) is 2.64. The Balaban J connectivity index is 2.39. The molecule has 0 bridgehead atoms. The van der Waals surface area contributed by atoms with Gasteiger partial charge in [0.1, 0.15) is 8.30 Å². The lowest BCUT2D eigenvalue weighted by atomic mass is 10.2. The maximum Gasteiger partial charge on any atom is 0.107 e. The Bertz CT molecular complexity index is 283. The molecule has 0 N–H and O–H groups in total. The van der Waals surface area contributed by atoms with E-state index < -0.39 is 0 Å². The average molecular weight is 324 g/mol. The summed E-state index contributed by atoms with van der Waals surface area (Å²) < 4.78 is 2.09. The van der Waals surface area contributed by atoms with Gasteiger partial charge in [0.05, 0.1) is 0 Å². The van der Waals surface area contributed by atoms with Crippen LogP contribution in [0.2, 0.25) is 0 Å². The Kier molecular flexibility index (Phi) is 2.19. The van der Waals surface area contributed by atoms with Gasteiger partial charge in [-0.1, -0.05) is 6.07 Å². The van der Waals surface area contributed by atoms with Gasteiger partial charge in [-0.05, 0) is 68.9 Å². The van der Waals surface area contributed by atoms with Crippen molar-refractivity contribution >= 4 is 38.5 Å². The van der Waals surface area contributed by atoms with Gasteiger partial charge in [0, 0.05) is 0 Å². The molecule has 0 aliphatic heterocycles. The summed E-state index contributed by atoms with van der Waals surface area (Å²) in [6, 6.07) is 4.20. The van der Waals surface area contributed by atoms with Crippen LogP contribution in [0.15, 0.2) is 16.7 Å². The van der Waals surface area contributed by atoms with Crippen LogP contribution in [0.25, 0.3) is 0 Å². The molecule has 3 heteroatoms. The molecule has 0 aromatic carbocycles. The Hall–Kier alpha value is 0.360. The number of halogens is 2.